The van der Waals surface area contributed by atoms with Gasteiger partial charge in [0.15, 0.2) is 0 Å². The van der Waals surface area contributed by atoms with Crippen LogP contribution in [0.2, 0.25) is 0 Å². The van der Waals surface area contributed by atoms with Gasteiger partial charge in [-0.25, -0.2) is 0 Å². The number of rotatable bonds is 4. The first kappa shape index (κ1) is 16.8. The minimum atomic E-state index is -0.557. The van der Waals surface area contributed by atoms with Crippen molar-refractivity contribution in [1.82, 2.24) is 10.2 Å². The molecule has 1 aromatic carbocycles. The van der Waals surface area contributed by atoms with Gasteiger partial charge in [-0.1, -0.05) is 18.2 Å². The van der Waals surface area contributed by atoms with Gasteiger partial charge < -0.3 is 10.2 Å². The van der Waals surface area contributed by atoms with Crippen LogP contribution in [0.25, 0.3) is 0 Å². The number of alkyl halides is 1. The number of piperidine rings is 1. The van der Waals surface area contributed by atoms with Crippen LogP contribution in [0.15, 0.2) is 30.3 Å². The molecule has 1 aliphatic heterocycles. The lowest BCUT2D eigenvalue weighted by molar-refractivity contribution is -0.129. The van der Waals surface area contributed by atoms with E-state index in [0.29, 0.717) is 24.5 Å². The molecule has 1 aromatic rings. The van der Waals surface area contributed by atoms with Gasteiger partial charge in [0.2, 0.25) is 5.91 Å². The molecule has 2 rings (SSSR count). The molecule has 2 amide bonds. The summed E-state index contributed by atoms with van der Waals surface area (Å²) >= 11 is 5.82. The minimum Gasteiger partial charge on any atom is -0.353 e. The van der Waals surface area contributed by atoms with Gasteiger partial charge in [-0.2, -0.15) is 0 Å². The van der Waals surface area contributed by atoms with E-state index in [1.54, 1.807) is 0 Å². The number of carbonyl (C=O) groups is 2. The molecule has 0 radical (unpaired) electrons. The van der Waals surface area contributed by atoms with E-state index in [0.717, 1.165) is 12.8 Å². The van der Waals surface area contributed by atoms with Crippen molar-refractivity contribution in [3.8, 4) is 0 Å². The smallest absolute Gasteiger partial charge is 0.253 e. The van der Waals surface area contributed by atoms with E-state index in [9.17, 15) is 9.59 Å². The fraction of sp³-hybridized carbons (Fsp3) is 0.529. The Morgan fingerprint density at radius 1 is 1.23 bits per heavy atom. The number of carbonyl (C=O) groups excluding carboxylic acids is 2. The van der Waals surface area contributed by atoms with Crippen molar-refractivity contribution < 1.29 is 9.59 Å². The van der Waals surface area contributed by atoms with E-state index in [2.05, 4.69) is 5.32 Å². The number of amides is 2. The Bertz CT molecular complexity index is 523. The second kappa shape index (κ2) is 7.14. The molecular formula is C17H23ClN2O2. The molecule has 1 aliphatic rings. The van der Waals surface area contributed by atoms with Gasteiger partial charge in [0.1, 0.15) is 0 Å². The van der Waals surface area contributed by atoms with Gasteiger partial charge >= 0.3 is 0 Å². The standard InChI is InChI=1S/C17H23ClN2O2/c1-17(2,12-18)16(22)19-14-8-10-20(11-9-14)15(21)13-6-4-3-5-7-13/h3-7,14H,8-12H2,1-2H3,(H,19,22). The first-order valence-corrected chi connectivity index (χ1v) is 8.19. The summed E-state index contributed by atoms with van der Waals surface area (Å²) in [6, 6.07) is 9.42. The highest BCUT2D eigenvalue weighted by Crippen LogP contribution is 2.19. The Morgan fingerprint density at radius 3 is 2.36 bits per heavy atom. The lowest BCUT2D eigenvalue weighted by Gasteiger charge is -2.34. The van der Waals surface area contributed by atoms with Crippen molar-refractivity contribution in [1.29, 1.82) is 0 Å². The number of nitrogens with zero attached hydrogens (tertiary/aromatic N) is 1. The van der Waals surface area contributed by atoms with Gasteiger partial charge in [-0.3, -0.25) is 9.59 Å². The number of nitrogens with one attached hydrogen (secondary N) is 1. The Hall–Kier alpha value is -1.55. The molecule has 120 valence electrons. The summed E-state index contributed by atoms with van der Waals surface area (Å²) in [4.78, 5) is 26.3. The average molecular weight is 323 g/mol. The van der Waals surface area contributed by atoms with E-state index in [-0.39, 0.29) is 17.9 Å². The zero-order valence-corrected chi connectivity index (χ0v) is 13.9. The van der Waals surface area contributed by atoms with E-state index < -0.39 is 5.41 Å². The second-order valence-corrected chi connectivity index (χ2v) is 6.69. The first-order valence-electron chi connectivity index (χ1n) is 7.65. The van der Waals surface area contributed by atoms with Crippen LogP contribution in [-0.2, 0) is 4.79 Å². The zero-order valence-electron chi connectivity index (χ0n) is 13.1. The third kappa shape index (κ3) is 4.01. The van der Waals surface area contributed by atoms with Crippen LogP contribution in [0, 0.1) is 5.41 Å². The summed E-state index contributed by atoms with van der Waals surface area (Å²) < 4.78 is 0. The maximum Gasteiger partial charge on any atom is 0.253 e. The molecule has 0 bridgehead atoms. The SMILES string of the molecule is CC(C)(CCl)C(=O)NC1CCN(C(=O)c2ccccc2)CC1. The molecule has 0 spiro atoms. The maximum absolute atomic E-state index is 12.4. The highest BCUT2D eigenvalue weighted by molar-refractivity contribution is 6.19. The zero-order chi connectivity index (χ0) is 16.2. The van der Waals surface area contributed by atoms with E-state index in [1.807, 2.05) is 49.1 Å². The van der Waals surface area contributed by atoms with Crippen molar-refractivity contribution in [3.63, 3.8) is 0 Å². The molecule has 22 heavy (non-hydrogen) atoms. The van der Waals surface area contributed by atoms with Gasteiger partial charge in [-0.15, -0.1) is 11.6 Å². The Labute approximate surface area is 136 Å². The first-order chi connectivity index (χ1) is 10.4. The normalized spacial score (nSPS) is 16.4. The van der Waals surface area contributed by atoms with Crippen molar-refractivity contribution in [2.75, 3.05) is 19.0 Å². The van der Waals surface area contributed by atoms with Gasteiger partial charge in [-0.05, 0) is 38.8 Å². The predicted molar refractivity (Wildman–Crippen MR) is 88.0 cm³/mol. The van der Waals surface area contributed by atoms with Crippen LogP contribution >= 0.6 is 11.6 Å². The van der Waals surface area contributed by atoms with Gasteiger partial charge in [0, 0.05) is 30.6 Å². The molecule has 1 heterocycles. The van der Waals surface area contributed by atoms with Gasteiger partial charge in [0.25, 0.3) is 5.91 Å². The molecule has 0 unspecified atom stereocenters. The Balaban J connectivity index is 1.86. The largest absolute Gasteiger partial charge is 0.353 e. The highest BCUT2D eigenvalue weighted by atomic mass is 35.5. The van der Waals surface area contributed by atoms with Crippen molar-refractivity contribution in [3.05, 3.63) is 35.9 Å². The highest BCUT2D eigenvalue weighted by Gasteiger charge is 2.30. The fourth-order valence-electron chi connectivity index (χ4n) is 2.43. The van der Waals surface area contributed by atoms with E-state index in [1.165, 1.54) is 0 Å². The average Bonchev–Trinajstić information content (AvgIpc) is 2.55. The summed E-state index contributed by atoms with van der Waals surface area (Å²) in [6.07, 6.45) is 1.56. The number of benzene rings is 1. The van der Waals surface area contributed by atoms with Crippen molar-refractivity contribution in [2.24, 2.45) is 5.41 Å². The quantitative estimate of drug-likeness (QED) is 0.866. The molecular weight excluding hydrogens is 300 g/mol. The number of halogens is 1. The third-order valence-corrected chi connectivity index (χ3v) is 4.76. The van der Waals surface area contributed by atoms with Crippen LogP contribution < -0.4 is 5.32 Å². The molecule has 0 aromatic heterocycles. The molecule has 1 saturated heterocycles. The molecule has 4 nitrogen and oxygen atoms in total. The van der Waals surface area contributed by atoms with E-state index in [4.69, 9.17) is 11.6 Å². The third-order valence-electron chi connectivity index (χ3n) is 4.09. The molecule has 0 atom stereocenters. The Kier molecular flexibility index (Phi) is 5.46. The predicted octanol–water partition coefficient (Wildman–Crippen LogP) is 2.67. The van der Waals surface area contributed by atoms with Crippen LogP contribution in [0.4, 0.5) is 0 Å². The fourth-order valence-corrected chi connectivity index (χ4v) is 2.55. The maximum atomic E-state index is 12.4. The molecule has 5 heteroatoms. The number of hydrogen-bond donors (Lipinski definition) is 1. The van der Waals surface area contributed by atoms with Crippen molar-refractivity contribution in [2.45, 2.75) is 32.7 Å². The summed E-state index contributed by atoms with van der Waals surface area (Å²) in [5.41, 5.74) is 0.159. The second-order valence-electron chi connectivity index (χ2n) is 6.42. The van der Waals surface area contributed by atoms with Crippen LogP contribution in [0.3, 0.4) is 0 Å². The topological polar surface area (TPSA) is 49.4 Å². The molecule has 0 aliphatic carbocycles. The monoisotopic (exact) mass is 322 g/mol. The summed E-state index contributed by atoms with van der Waals surface area (Å²) in [6.45, 7) is 5.01. The molecule has 0 saturated carbocycles. The lowest BCUT2D eigenvalue weighted by Crippen LogP contribution is -2.49. The molecule has 1 fully saturated rings. The minimum absolute atomic E-state index is 0.0182. The van der Waals surface area contributed by atoms with E-state index >= 15 is 0 Å². The lowest BCUT2D eigenvalue weighted by atomic mass is 9.93. The number of likely N-dealkylation sites (tertiary alicyclic amines) is 1. The van der Waals surface area contributed by atoms with Crippen LogP contribution in [0.1, 0.15) is 37.0 Å². The Morgan fingerprint density at radius 2 is 1.82 bits per heavy atom. The van der Waals surface area contributed by atoms with Crippen LogP contribution in [-0.4, -0.2) is 41.7 Å². The summed E-state index contributed by atoms with van der Waals surface area (Å²) in [7, 11) is 0. The number of hydrogen-bond acceptors (Lipinski definition) is 2. The summed E-state index contributed by atoms with van der Waals surface area (Å²) in [5.74, 6) is 0.339. The van der Waals surface area contributed by atoms with Gasteiger partial charge in [0.05, 0.1) is 5.41 Å². The van der Waals surface area contributed by atoms with Crippen molar-refractivity contribution >= 4 is 23.4 Å². The van der Waals surface area contributed by atoms with Crippen LogP contribution in [0.5, 0.6) is 0 Å². The molecule has 1 N–H and O–H groups in total. The summed E-state index contributed by atoms with van der Waals surface area (Å²) in [5, 5.41) is 3.05.